The molecule has 2 aromatic rings. The zero-order valence-corrected chi connectivity index (χ0v) is 13.8. The summed E-state index contributed by atoms with van der Waals surface area (Å²) in [7, 11) is 0. The Labute approximate surface area is 142 Å². The van der Waals surface area contributed by atoms with E-state index in [1.807, 2.05) is 73.1 Å². The maximum Gasteiger partial charge on any atom is 0.0625 e. The number of aliphatic imine (C=N–C) groups is 2. The first-order valence-corrected chi connectivity index (χ1v) is 8.59. The highest BCUT2D eigenvalue weighted by molar-refractivity contribution is 6.23. The Bertz CT molecular complexity index is 594. The lowest BCUT2D eigenvalue weighted by molar-refractivity contribution is 0.402. The van der Waals surface area contributed by atoms with Crippen LogP contribution in [0.25, 0.3) is 0 Å². The summed E-state index contributed by atoms with van der Waals surface area (Å²) >= 11 is 6.70. The molecule has 1 fully saturated rings. The Morgan fingerprint density at radius 2 is 1.17 bits per heavy atom. The van der Waals surface area contributed by atoms with E-state index in [9.17, 15) is 0 Å². The molecule has 0 aliphatic heterocycles. The number of halogens is 1. The van der Waals surface area contributed by atoms with Gasteiger partial charge in [-0.3, -0.25) is 9.98 Å². The average Bonchev–Trinajstić information content (AvgIpc) is 2.61. The van der Waals surface area contributed by atoms with Crippen molar-refractivity contribution in [2.75, 3.05) is 0 Å². The van der Waals surface area contributed by atoms with Crippen LogP contribution in [0.2, 0.25) is 0 Å². The minimum Gasteiger partial charge on any atom is -0.261 e. The van der Waals surface area contributed by atoms with Crippen LogP contribution >= 0.6 is 11.6 Å². The van der Waals surface area contributed by atoms with Crippen LogP contribution in [0.5, 0.6) is 0 Å². The van der Waals surface area contributed by atoms with Gasteiger partial charge in [-0.2, -0.15) is 0 Å². The number of para-hydroxylation sites is 2. The van der Waals surface area contributed by atoms with E-state index in [0.717, 1.165) is 24.2 Å². The molecule has 118 valence electrons. The molecule has 2 aromatic carbocycles. The zero-order chi connectivity index (χ0) is 15.9. The van der Waals surface area contributed by atoms with Gasteiger partial charge in [0.15, 0.2) is 0 Å². The van der Waals surface area contributed by atoms with Gasteiger partial charge in [0.1, 0.15) is 0 Å². The van der Waals surface area contributed by atoms with Crippen molar-refractivity contribution < 1.29 is 0 Å². The summed E-state index contributed by atoms with van der Waals surface area (Å²) < 4.78 is 0. The van der Waals surface area contributed by atoms with Crippen molar-refractivity contribution >= 4 is 35.4 Å². The average molecular weight is 325 g/mol. The van der Waals surface area contributed by atoms with Gasteiger partial charge in [0.05, 0.1) is 11.4 Å². The van der Waals surface area contributed by atoms with Gasteiger partial charge in [-0.25, -0.2) is 0 Å². The third kappa shape index (κ3) is 4.52. The van der Waals surface area contributed by atoms with Crippen molar-refractivity contribution in [3.05, 3.63) is 60.7 Å². The highest BCUT2D eigenvalue weighted by Gasteiger charge is 2.29. The Morgan fingerprint density at radius 3 is 1.61 bits per heavy atom. The predicted octanol–water partition coefficient (Wildman–Crippen LogP) is 5.82. The molecule has 0 spiro atoms. The van der Waals surface area contributed by atoms with Crippen LogP contribution in [-0.2, 0) is 0 Å². The van der Waals surface area contributed by atoms with E-state index >= 15 is 0 Å². The van der Waals surface area contributed by atoms with Crippen molar-refractivity contribution in [2.45, 2.75) is 24.6 Å². The molecule has 2 atom stereocenters. The molecule has 23 heavy (non-hydrogen) atoms. The van der Waals surface area contributed by atoms with Crippen LogP contribution in [0.15, 0.2) is 70.6 Å². The molecule has 3 heteroatoms. The Kier molecular flexibility index (Phi) is 5.60. The minimum absolute atomic E-state index is 0.0590. The van der Waals surface area contributed by atoms with E-state index in [2.05, 4.69) is 9.98 Å². The van der Waals surface area contributed by atoms with Gasteiger partial charge in [-0.05, 0) is 37.1 Å². The fourth-order valence-corrected chi connectivity index (χ4v) is 3.31. The molecule has 0 amide bonds. The SMILES string of the molecule is ClC1C(C=Nc2ccccc2)CCCC1C=Nc1ccccc1. The highest BCUT2D eigenvalue weighted by Crippen LogP contribution is 2.32. The number of hydrogen-bond acceptors (Lipinski definition) is 2. The molecule has 3 rings (SSSR count). The van der Waals surface area contributed by atoms with Crippen LogP contribution in [-0.4, -0.2) is 17.8 Å². The molecule has 0 bridgehead atoms. The fraction of sp³-hybridized carbons (Fsp3) is 0.300. The summed E-state index contributed by atoms with van der Waals surface area (Å²) in [5, 5.41) is 0.0590. The Balaban J connectivity index is 1.65. The number of rotatable bonds is 4. The first-order valence-electron chi connectivity index (χ1n) is 8.15. The number of alkyl halides is 1. The molecule has 1 aliphatic rings. The normalized spacial score (nSPS) is 25.2. The summed E-state index contributed by atoms with van der Waals surface area (Å²) in [6.45, 7) is 0. The van der Waals surface area contributed by atoms with E-state index in [-0.39, 0.29) is 5.38 Å². The summed E-state index contributed by atoms with van der Waals surface area (Å²) in [5.74, 6) is 0.607. The van der Waals surface area contributed by atoms with Gasteiger partial charge >= 0.3 is 0 Å². The van der Waals surface area contributed by atoms with E-state index < -0.39 is 0 Å². The summed E-state index contributed by atoms with van der Waals surface area (Å²) in [4.78, 5) is 9.16. The van der Waals surface area contributed by atoms with Crippen molar-refractivity contribution in [1.29, 1.82) is 0 Å². The summed E-state index contributed by atoms with van der Waals surface area (Å²) in [5.41, 5.74) is 1.97. The van der Waals surface area contributed by atoms with Gasteiger partial charge in [-0.1, -0.05) is 42.8 Å². The quantitative estimate of drug-likeness (QED) is 0.500. The van der Waals surface area contributed by atoms with Crippen molar-refractivity contribution in [1.82, 2.24) is 0 Å². The van der Waals surface area contributed by atoms with Crippen molar-refractivity contribution in [3.8, 4) is 0 Å². The second kappa shape index (κ2) is 8.07. The van der Waals surface area contributed by atoms with Gasteiger partial charge in [0, 0.05) is 29.6 Å². The first kappa shape index (κ1) is 15.9. The second-order valence-electron chi connectivity index (χ2n) is 5.93. The number of nitrogens with zero attached hydrogens (tertiary/aromatic N) is 2. The second-order valence-corrected chi connectivity index (χ2v) is 6.43. The monoisotopic (exact) mass is 324 g/mol. The minimum atomic E-state index is 0.0590. The smallest absolute Gasteiger partial charge is 0.0625 e. The van der Waals surface area contributed by atoms with Gasteiger partial charge in [0.25, 0.3) is 0 Å². The molecule has 1 aliphatic carbocycles. The molecular weight excluding hydrogens is 304 g/mol. The van der Waals surface area contributed by atoms with Crippen LogP contribution in [0, 0.1) is 11.8 Å². The molecule has 0 N–H and O–H groups in total. The van der Waals surface area contributed by atoms with Crippen LogP contribution in [0.4, 0.5) is 11.4 Å². The van der Waals surface area contributed by atoms with E-state index in [4.69, 9.17) is 11.6 Å². The Hall–Kier alpha value is -1.93. The molecule has 2 nitrogen and oxygen atoms in total. The molecule has 0 radical (unpaired) electrons. The molecular formula is C20H21ClN2. The molecule has 0 aromatic heterocycles. The summed E-state index contributed by atoms with van der Waals surface area (Å²) in [6.07, 6.45) is 7.41. The third-order valence-electron chi connectivity index (χ3n) is 4.24. The number of benzene rings is 2. The van der Waals surface area contributed by atoms with E-state index in [0.29, 0.717) is 11.8 Å². The fourth-order valence-electron chi connectivity index (χ4n) is 2.93. The van der Waals surface area contributed by atoms with Crippen molar-refractivity contribution in [2.24, 2.45) is 21.8 Å². The summed E-state index contributed by atoms with van der Waals surface area (Å²) in [6, 6.07) is 20.0. The van der Waals surface area contributed by atoms with E-state index in [1.165, 1.54) is 6.42 Å². The Morgan fingerprint density at radius 1 is 0.739 bits per heavy atom. The lowest BCUT2D eigenvalue weighted by atomic mass is 9.82. The first-order chi connectivity index (χ1) is 11.3. The van der Waals surface area contributed by atoms with Crippen LogP contribution < -0.4 is 0 Å². The maximum atomic E-state index is 6.70. The number of hydrogen-bond donors (Lipinski definition) is 0. The van der Waals surface area contributed by atoms with Gasteiger partial charge in [-0.15, -0.1) is 11.6 Å². The predicted molar refractivity (Wildman–Crippen MR) is 99.7 cm³/mol. The van der Waals surface area contributed by atoms with E-state index in [1.54, 1.807) is 0 Å². The molecule has 0 heterocycles. The highest BCUT2D eigenvalue weighted by atomic mass is 35.5. The van der Waals surface area contributed by atoms with Crippen LogP contribution in [0.1, 0.15) is 19.3 Å². The standard InChI is InChI=1S/C20H21ClN2/c21-20-16(14-22-18-10-3-1-4-11-18)8-7-9-17(20)15-23-19-12-5-2-6-13-19/h1-6,10-17,20H,7-9H2. The third-order valence-corrected chi connectivity index (χ3v) is 4.88. The topological polar surface area (TPSA) is 24.7 Å². The molecule has 2 unspecified atom stereocenters. The van der Waals surface area contributed by atoms with Gasteiger partial charge < -0.3 is 0 Å². The largest absolute Gasteiger partial charge is 0.261 e. The molecule has 0 saturated heterocycles. The lowest BCUT2D eigenvalue weighted by Gasteiger charge is -2.29. The van der Waals surface area contributed by atoms with Crippen LogP contribution in [0.3, 0.4) is 0 Å². The zero-order valence-electron chi connectivity index (χ0n) is 13.1. The maximum absolute atomic E-state index is 6.70. The molecule has 1 saturated carbocycles. The van der Waals surface area contributed by atoms with Gasteiger partial charge in [0.2, 0.25) is 0 Å². The lowest BCUT2D eigenvalue weighted by Crippen LogP contribution is -2.30. The van der Waals surface area contributed by atoms with Crippen molar-refractivity contribution in [3.63, 3.8) is 0 Å².